The van der Waals surface area contributed by atoms with Crippen LogP contribution in [0.5, 0.6) is 5.75 Å². The van der Waals surface area contributed by atoms with E-state index in [2.05, 4.69) is 10.3 Å². The number of methoxy groups -OCH3 is 1. The molecule has 31 heavy (non-hydrogen) atoms. The van der Waals surface area contributed by atoms with E-state index in [0.717, 1.165) is 9.44 Å². The van der Waals surface area contributed by atoms with Gasteiger partial charge in [-0.1, -0.05) is 17.7 Å². The summed E-state index contributed by atoms with van der Waals surface area (Å²) in [6.07, 6.45) is 1.48. The van der Waals surface area contributed by atoms with Crippen LogP contribution in [0.3, 0.4) is 0 Å². The van der Waals surface area contributed by atoms with Gasteiger partial charge in [0.15, 0.2) is 5.52 Å². The van der Waals surface area contributed by atoms with Gasteiger partial charge in [0.25, 0.3) is 5.56 Å². The van der Waals surface area contributed by atoms with E-state index in [1.54, 1.807) is 30.3 Å². The van der Waals surface area contributed by atoms with Gasteiger partial charge in [-0.25, -0.2) is 9.78 Å². The maximum atomic E-state index is 13.2. The van der Waals surface area contributed by atoms with E-state index < -0.39 is 17.2 Å². The van der Waals surface area contributed by atoms with Crippen molar-refractivity contribution in [2.24, 2.45) is 0 Å². The molecule has 3 aromatic heterocycles. The zero-order valence-corrected chi connectivity index (χ0v) is 17.9. The molecule has 0 bridgehead atoms. The first-order chi connectivity index (χ1) is 15.0. The van der Waals surface area contributed by atoms with Crippen molar-refractivity contribution in [1.82, 2.24) is 14.1 Å². The molecule has 10 heteroatoms. The standard InChI is InChI=1S/C21H17ClN4O4S/c1-30-17-7-6-13(22)10-15(17)24-18(27)12-25-16-5-2-8-23-19(16)20(28)26(21(25)29)11-14-4-3-9-31-14/h2-10H,11-12H2,1H3,(H,24,27). The molecule has 1 aromatic carbocycles. The molecule has 0 unspecified atom stereocenters. The Bertz CT molecular complexity index is 1380. The number of halogens is 1. The molecular formula is C21H17ClN4O4S. The number of carbonyl (C=O) groups excluding carboxylic acids is 1. The van der Waals surface area contributed by atoms with Crippen molar-refractivity contribution >= 4 is 45.6 Å². The summed E-state index contributed by atoms with van der Waals surface area (Å²) in [4.78, 5) is 43.8. The molecule has 4 aromatic rings. The predicted octanol–water partition coefficient (Wildman–Crippen LogP) is 2.97. The Hall–Kier alpha value is -3.43. The Morgan fingerprint density at radius 1 is 1.19 bits per heavy atom. The maximum Gasteiger partial charge on any atom is 0.332 e. The number of thiophene rings is 1. The zero-order chi connectivity index (χ0) is 22.0. The van der Waals surface area contributed by atoms with E-state index in [9.17, 15) is 14.4 Å². The van der Waals surface area contributed by atoms with Crippen LogP contribution in [0.1, 0.15) is 4.88 Å². The molecule has 0 aliphatic heterocycles. The van der Waals surface area contributed by atoms with Gasteiger partial charge in [0.2, 0.25) is 5.91 Å². The van der Waals surface area contributed by atoms with Crippen molar-refractivity contribution < 1.29 is 9.53 Å². The number of nitrogens with zero attached hydrogens (tertiary/aromatic N) is 3. The molecule has 1 N–H and O–H groups in total. The number of aromatic nitrogens is 3. The quantitative estimate of drug-likeness (QED) is 0.481. The summed E-state index contributed by atoms with van der Waals surface area (Å²) in [5.74, 6) is -0.0478. The number of hydrogen-bond acceptors (Lipinski definition) is 6. The summed E-state index contributed by atoms with van der Waals surface area (Å²) < 4.78 is 7.57. The second kappa shape index (κ2) is 8.75. The van der Waals surface area contributed by atoms with E-state index in [-0.39, 0.29) is 24.1 Å². The molecule has 0 saturated heterocycles. The summed E-state index contributed by atoms with van der Waals surface area (Å²) in [6.45, 7) is -0.215. The summed E-state index contributed by atoms with van der Waals surface area (Å²) in [6, 6.07) is 11.7. The highest BCUT2D eigenvalue weighted by molar-refractivity contribution is 7.09. The summed E-state index contributed by atoms with van der Waals surface area (Å²) in [7, 11) is 1.48. The van der Waals surface area contributed by atoms with Crippen molar-refractivity contribution in [3.8, 4) is 5.75 Å². The molecule has 0 aliphatic carbocycles. The van der Waals surface area contributed by atoms with Crippen LogP contribution in [0, 0.1) is 0 Å². The minimum atomic E-state index is -0.591. The van der Waals surface area contributed by atoms with Gasteiger partial charge in [0, 0.05) is 16.1 Å². The van der Waals surface area contributed by atoms with Crippen molar-refractivity contribution in [1.29, 1.82) is 0 Å². The molecule has 0 fully saturated rings. The summed E-state index contributed by atoms with van der Waals surface area (Å²) in [5.41, 5.74) is -0.309. The van der Waals surface area contributed by atoms with Gasteiger partial charge in [-0.15, -0.1) is 11.3 Å². The van der Waals surface area contributed by atoms with Crippen LogP contribution in [-0.2, 0) is 17.9 Å². The third-order valence-electron chi connectivity index (χ3n) is 4.62. The topological polar surface area (TPSA) is 95.2 Å². The molecule has 1 amide bonds. The molecule has 0 spiro atoms. The van der Waals surface area contributed by atoms with E-state index in [4.69, 9.17) is 16.3 Å². The highest BCUT2D eigenvalue weighted by atomic mass is 35.5. The highest BCUT2D eigenvalue weighted by Crippen LogP contribution is 2.27. The summed E-state index contributed by atoms with van der Waals surface area (Å²) >= 11 is 7.45. The van der Waals surface area contributed by atoms with Crippen LogP contribution in [0.2, 0.25) is 5.02 Å². The fourth-order valence-electron chi connectivity index (χ4n) is 3.20. The second-order valence-electron chi connectivity index (χ2n) is 6.60. The van der Waals surface area contributed by atoms with Crippen LogP contribution in [0.4, 0.5) is 5.69 Å². The number of nitrogens with one attached hydrogen (secondary N) is 1. The number of benzene rings is 1. The molecule has 0 saturated carbocycles. The molecule has 8 nitrogen and oxygen atoms in total. The monoisotopic (exact) mass is 456 g/mol. The van der Waals surface area contributed by atoms with Gasteiger partial charge in [0.1, 0.15) is 12.3 Å². The fourth-order valence-corrected chi connectivity index (χ4v) is 4.07. The fraction of sp³-hybridized carbons (Fsp3) is 0.143. The average Bonchev–Trinajstić information content (AvgIpc) is 3.28. The van der Waals surface area contributed by atoms with Crippen LogP contribution in [0.25, 0.3) is 11.0 Å². The lowest BCUT2D eigenvalue weighted by Crippen LogP contribution is -2.42. The maximum absolute atomic E-state index is 13.2. The lowest BCUT2D eigenvalue weighted by molar-refractivity contribution is -0.116. The summed E-state index contributed by atoms with van der Waals surface area (Å²) in [5, 5.41) is 5.00. The predicted molar refractivity (Wildman–Crippen MR) is 120 cm³/mol. The molecule has 0 atom stereocenters. The number of rotatable bonds is 6. The Morgan fingerprint density at radius 3 is 2.77 bits per heavy atom. The van der Waals surface area contributed by atoms with Crippen LogP contribution in [0.15, 0.2) is 63.6 Å². The minimum absolute atomic E-state index is 0.103. The lowest BCUT2D eigenvalue weighted by Gasteiger charge is -2.14. The molecule has 3 heterocycles. The number of hydrogen-bond donors (Lipinski definition) is 1. The van der Waals surface area contributed by atoms with E-state index in [0.29, 0.717) is 16.5 Å². The number of fused-ring (bicyclic) bond motifs is 1. The van der Waals surface area contributed by atoms with Gasteiger partial charge < -0.3 is 10.1 Å². The molecule has 158 valence electrons. The van der Waals surface area contributed by atoms with Crippen molar-refractivity contribution in [2.45, 2.75) is 13.1 Å². The lowest BCUT2D eigenvalue weighted by atomic mass is 10.3. The number of ether oxygens (including phenoxy) is 1. The van der Waals surface area contributed by atoms with Gasteiger partial charge in [-0.3, -0.25) is 18.7 Å². The number of amides is 1. The van der Waals surface area contributed by atoms with Crippen molar-refractivity contribution in [3.05, 3.63) is 84.8 Å². The first-order valence-electron chi connectivity index (χ1n) is 9.22. The van der Waals surface area contributed by atoms with Gasteiger partial charge >= 0.3 is 5.69 Å². The van der Waals surface area contributed by atoms with Crippen molar-refractivity contribution in [3.63, 3.8) is 0 Å². The third kappa shape index (κ3) is 4.23. The Balaban J connectivity index is 1.75. The van der Waals surface area contributed by atoms with E-state index in [1.165, 1.54) is 29.2 Å². The van der Waals surface area contributed by atoms with Gasteiger partial charge in [-0.2, -0.15) is 0 Å². The third-order valence-corrected chi connectivity index (χ3v) is 5.71. The first kappa shape index (κ1) is 20.8. The molecular weight excluding hydrogens is 440 g/mol. The first-order valence-corrected chi connectivity index (χ1v) is 10.5. The molecule has 4 rings (SSSR count). The smallest absolute Gasteiger partial charge is 0.332 e. The molecule has 0 aliphatic rings. The average molecular weight is 457 g/mol. The highest BCUT2D eigenvalue weighted by Gasteiger charge is 2.17. The Morgan fingerprint density at radius 2 is 2.03 bits per heavy atom. The van der Waals surface area contributed by atoms with E-state index >= 15 is 0 Å². The van der Waals surface area contributed by atoms with Gasteiger partial charge in [0.05, 0.1) is 24.9 Å². The zero-order valence-electron chi connectivity index (χ0n) is 16.4. The normalized spacial score (nSPS) is 10.9. The van der Waals surface area contributed by atoms with E-state index in [1.807, 2.05) is 17.5 Å². The SMILES string of the molecule is COc1ccc(Cl)cc1NC(=O)Cn1c(=O)n(Cc2cccs2)c(=O)c2ncccc21. The second-order valence-corrected chi connectivity index (χ2v) is 8.07. The Labute approximate surface area is 185 Å². The minimum Gasteiger partial charge on any atom is -0.495 e. The van der Waals surface area contributed by atoms with Crippen LogP contribution in [-0.4, -0.2) is 27.1 Å². The van der Waals surface area contributed by atoms with Crippen LogP contribution >= 0.6 is 22.9 Å². The number of pyridine rings is 1. The molecule has 0 radical (unpaired) electrons. The number of anilines is 1. The number of carbonyl (C=O) groups is 1. The van der Waals surface area contributed by atoms with Crippen LogP contribution < -0.4 is 21.3 Å². The van der Waals surface area contributed by atoms with Crippen molar-refractivity contribution in [2.75, 3.05) is 12.4 Å². The van der Waals surface area contributed by atoms with Gasteiger partial charge in [-0.05, 0) is 41.8 Å². The Kier molecular flexibility index (Phi) is 5.88. The largest absolute Gasteiger partial charge is 0.495 e.